The lowest BCUT2D eigenvalue weighted by Gasteiger charge is -2.11. The topological polar surface area (TPSA) is 78.1 Å². The third-order valence-corrected chi connectivity index (χ3v) is 3.52. The van der Waals surface area contributed by atoms with Crippen LogP contribution in [-0.2, 0) is 6.54 Å². The number of ether oxygens (including phenoxy) is 3. The number of guanidine groups is 1. The van der Waals surface area contributed by atoms with Crippen LogP contribution in [-0.4, -0.2) is 27.3 Å². The fourth-order valence-electron chi connectivity index (χ4n) is 2.25. The smallest absolute Gasteiger partial charge is 0.193 e. The van der Waals surface area contributed by atoms with Gasteiger partial charge in [-0.25, -0.2) is 4.99 Å². The summed E-state index contributed by atoms with van der Waals surface area (Å²) in [6, 6.07) is 11.4. The van der Waals surface area contributed by atoms with E-state index in [4.69, 9.17) is 19.9 Å². The minimum atomic E-state index is 0. The van der Waals surface area contributed by atoms with E-state index in [0.717, 1.165) is 22.6 Å². The Morgan fingerprint density at radius 3 is 2.28 bits per heavy atom. The van der Waals surface area contributed by atoms with Crippen LogP contribution in [0.15, 0.2) is 41.4 Å². The molecule has 0 aliphatic rings. The van der Waals surface area contributed by atoms with E-state index in [9.17, 15) is 0 Å². The maximum absolute atomic E-state index is 5.96. The van der Waals surface area contributed by atoms with Crippen LogP contribution in [0.25, 0.3) is 0 Å². The van der Waals surface area contributed by atoms with Gasteiger partial charge in [0, 0.05) is 17.3 Å². The molecule has 0 aliphatic carbocycles. The van der Waals surface area contributed by atoms with E-state index in [-0.39, 0.29) is 24.0 Å². The highest BCUT2D eigenvalue weighted by atomic mass is 127. The summed E-state index contributed by atoms with van der Waals surface area (Å²) >= 11 is 0. The predicted octanol–water partition coefficient (Wildman–Crippen LogP) is 3.57. The van der Waals surface area contributed by atoms with Crippen LogP contribution in [0.5, 0.6) is 17.2 Å². The van der Waals surface area contributed by atoms with Gasteiger partial charge in [0.15, 0.2) is 17.5 Å². The fraction of sp³-hybridized carbons (Fsp3) is 0.278. The van der Waals surface area contributed by atoms with E-state index in [1.807, 2.05) is 31.2 Å². The van der Waals surface area contributed by atoms with Crippen LogP contribution in [0.2, 0.25) is 0 Å². The van der Waals surface area contributed by atoms with Gasteiger partial charge >= 0.3 is 0 Å². The number of hydrogen-bond acceptors (Lipinski definition) is 4. The van der Waals surface area contributed by atoms with Gasteiger partial charge in [0.2, 0.25) is 0 Å². The number of nitrogens with two attached hydrogens (primary N) is 1. The summed E-state index contributed by atoms with van der Waals surface area (Å²) in [6.07, 6.45) is 0. The lowest BCUT2D eigenvalue weighted by molar-refractivity contribution is 0.355. The van der Waals surface area contributed by atoms with Crippen molar-refractivity contribution in [3.63, 3.8) is 0 Å². The van der Waals surface area contributed by atoms with Crippen molar-refractivity contribution in [2.24, 2.45) is 10.7 Å². The first-order valence-corrected chi connectivity index (χ1v) is 7.50. The largest absolute Gasteiger partial charge is 0.496 e. The summed E-state index contributed by atoms with van der Waals surface area (Å²) in [5.74, 6) is 2.39. The molecule has 0 atom stereocenters. The van der Waals surface area contributed by atoms with Gasteiger partial charge in [-0.2, -0.15) is 0 Å². The number of rotatable bonds is 6. The van der Waals surface area contributed by atoms with Crippen molar-refractivity contribution in [2.45, 2.75) is 13.5 Å². The van der Waals surface area contributed by atoms with Gasteiger partial charge in [0.25, 0.3) is 0 Å². The molecule has 0 heterocycles. The molecule has 0 spiro atoms. The second kappa shape index (κ2) is 9.97. The predicted molar refractivity (Wildman–Crippen MR) is 112 cm³/mol. The second-order valence-electron chi connectivity index (χ2n) is 5.21. The van der Waals surface area contributed by atoms with Crippen molar-refractivity contribution in [2.75, 3.05) is 26.6 Å². The zero-order chi connectivity index (χ0) is 17.5. The fourth-order valence-corrected chi connectivity index (χ4v) is 2.25. The van der Waals surface area contributed by atoms with E-state index in [2.05, 4.69) is 10.3 Å². The lowest BCUT2D eigenvalue weighted by atomic mass is 10.1. The van der Waals surface area contributed by atoms with E-state index in [1.54, 1.807) is 33.5 Å². The monoisotopic (exact) mass is 457 g/mol. The summed E-state index contributed by atoms with van der Waals surface area (Å²) in [4.78, 5) is 4.36. The average molecular weight is 457 g/mol. The second-order valence-corrected chi connectivity index (χ2v) is 5.21. The Bertz CT molecular complexity index is 736. The van der Waals surface area contributed by atoms with Crippen LogP contribution in [0.1, 0.15) is 11.1 Å². The molecule has 6 nitrogen and oxygen atoms in total. The van der Waals surface area contributed by atoms with Gasteiger partial charge in [-0.15, -0.1) is 24.0 Å². The molecule has 0 unspecified atom stereocenters. The van der Waals surface area contributed by atoms with E-state index >= 15 is 0 Å². The molecule has 0 aliphatic heterocycles. The number of methoxy groups -OCH3 is 3. The Morgan fingerprint density at radius 1 is 0.960 bits per heavy atom. The Hall–Kier alpha value is -2.16. The van der Waals surface area contributed by atoms with E-state index in [1.165, 1.54) is 0 Å². The molecular weight excluding hydrogens is 433 g/mol. The maximum Gasteiger partial charge on any atom is 0.193 e. The Morgan fingerprint density at radius 2 is 1.64 bits per heavy atom. The number of benzene rings is 2. The van der Waals surface area contributed by atoms with Crippen LogP contribution in [0, 0.1) is 6.92 Å². The number of nitrogens with zero attached hydrogens (tertiary/aromatic N) is 1. The van der Waals surface area contributed by atoms with Crippen molar-refractivity contribution in [1.29, 1.82) is 0 Å². The highest BCUT2D eigenvalue weighted by molar-refractivity contribution is 14.0. The standard InChI is InChI=1S/C18H23N3O3.HI/c1-12-5-6-13(16(9-12)23-3)11-20-18(19)21-14-7-8-15(22-2)17(10-14)24-4;/h5-10H,11H2,1-4H3,(H3,19,20,21);1H. The molecule has 25 heavy (non-hydrogen) atoms. The van der Waals surface area contributed by atoms with Gasteiger partial charge in [-0.3, -0.25) is 0 Å². The molecule has 7 heteroatoms. The molecule has 0 fully saturated rings. The molecular formula is C18H24IN3O3. The SMILES string of the molecule is COc1cc(C)ccc1CN=C(N)Nc1ccc(OC)c(OC)c1.I. The number of anilines is 1. The number of aryl methyl sites for hydroxylation is 1. The molecule has 2 rings (SSSR count). The molecule has 0 bridgehead atoms. The Labute approximate surface area is 165 Å². The number of hydrogen-bond donors (Lipinski definition) is 2. The summed E-state index contributed by atoms with van der Waals surface area (Å²) in [7, 11) is 4.83. The Kier molecular flexibility index (Phi) is 8.33. The molecule has 3 N–H and O–H groups in total. The van der Waals surface area contributed by atoms with Crippen molar-refractivity contribution in [3.05, 3.63) is 47.5 Å². The van der Waals surface area contributed by atoms with Crippen molar-refractivity contribution >= 4 is 35.6 Å². The third kappa shape index (κ3) is 5.70. The van der Waals surface area contributed by atoms with Gasteiger partial charge < -0.3 is 25.3 Å². The van der Waals surface area contributed by atoms with Crippen LogP contribution >= 0.6 is 24.0 Å². The highest BCUT2D eigenvalue weighted by Crippen LogP contribution is 2.29. The van der Waals surface area contributed by atoms with Gasteiger partial charge in [0.05, 0.1) is 27.9 Å². The van der Waals surface area contributed by atoms with Crippen molar-refractivity contribution in [1.82, 2.24) is 0 Å². The number of aliphatic imine (C=N–C) groups is 1. The molecule has 2 aromatic carbocycles. The molecule has 0 saturated carbocycles. The normalized spacial score (nSPS) is 10.6. The van der Waals surface area contributed by atoms with Crippen LogP contribution in [0.4, 0.5) is 5.69 Å². The molecule has 136 valence electrons. The van der Waals surface area contributed by atoms with Crippen molar-refractivity contribution in [3.8, 4) is 17.2 Å². The van der Waals surface area contributed by atoms with Gasteiger partial charge in [0.1, 0.15) is 5.75 Å². The number of halogens is 1. The zero-order valence-electron chi connectivity index (χ0n) is 14.8. The minimum absolute atomic E-state index is 0. The van der Waals surface area contributed by atoms with Crippen LogP contribution < -0.4 is 25.3 Å². The molecule has 2 aromatic rings. The molecule has 0 radical (unpaired) electrons. The molecule has 0 saturated heterocycles. The quantitative estimate of drug-likeness (QED) is 0.394. The highest BCUT2D eigenvalue weighted by Gasteiger charge is 2.06. The minimum Gasteiger partial charge on any atom is -0.496 e. The van der Waals surface area contributed by atoms with E-state index in [0.29, 0.717) is 24.0 Å². The summed E-state index contributed by atoms with van der Waals surface area (Å²) < 4.78 is 15.8. The maximum atomic E-state index is 5.96. The molecule has 0 amide bonds. The summed E-state index contributed by atoms with van der Waals surface area (Å²) in [5, 5.41) is 3.04. The van der Waals surface area contributed by atoms with Crippen molar-refractivity contribution < 1.29 is 14.2 Å². The van der Waals surface area contributed by atoms with Crippen LogP contribution in [0.3, 0.4) is 0 Å². The van der Waals surface area contributed by atoms with Gasteiger partial charge in [-0.1, -0.05) is 12.1 Å². The first-order valence-electron chi connectivity index (χ1n) is 7.50. The third-order valence-electron chi connectivity index (χ3n) is 3.52. The Balaban J connectivity index is 0.00000312. The average Bonchev–Trinajstić information content (AvgIpc) is 2.60. The zero-order valence-corrected chi connectivity index (χ0v) is 17.2. The van der Waals surface area contributed by atoms with Gasteiger partial charge in [-0.05, 0) is 30.7 Å². The van der Waals surface area contributed by atoms with E-state index < -0.39 is 0 Å². The lowest BCUT2D eigenvalue weighted by Crippen LogP contribution is -2.22. The summed E-state index contributed by atoms with van der Waals surface area (Å²) in [6.45, 7) is 2.44. The first-order chi connectivity index (χ1) is 11.6. The molecule has 0 aromatic heterocycles. The first kappa shape index (κ1) is 20.9. The number of nitrogens with one attached hydrogen (secondary N) is 1. The summed E-state index contributed by atoms with van der Waals surface area (Å²) in [5.41, 5.74) is 8.84.